The van der Waals surface area contributed by atoms with Crippen molar-refractivity contribution in [2.24, 2.45) is 0 Å². The van der Waals surface area contributed by atoms with Gasteiger partial charge in [0, 0.05) is 12.3 Å². The lowest BCUT2D eigenvalue weighted by atomic mass is 10.1. The molecule has 2 aromatic carbocycles. The summed E-state index contributed by atoms with van der Waals surface area (Å²) in [6.45, 7) is 2.07. The number of carbonyl (C=O) groups is 1. The van der Waals surface area contributed by atoms with Crippen LogP contribution < -0.4 is 10.7 Å². The lowest BCUT2D eigenvalue weighted by Crippen LogP contribution is -2.25. The van der Waals surface area contributed by atoms with E-state index < -0.39 is 11.3 Å². The van der Waals surface area contributed by atoms with Crippen LogP contribution in [0.5, 0.6) is 0 Å². The third-order valence-electron chi connectivity index (χ3n) is 3.75. The summed E-state index contributed by atoms with van der Waals surface area (Å²) in [6, 6.07) is 15.9. The van der Waals surface area contributed by atoms with Gasteiger partial charge >= 0.3 is 0 Å². The van der Waals surface area contributed by atoms with Crippen molar-refractivity contribution in [2.45, 2.75) is 13.3 Å². The first kappa shape index (κ1) is 16.9. The SMILES string of the molecule is CCc1ccc(-n2ccc(=O)c(C(=O)Nc3ccccc3Cl)n2)cc1. The van der Waals surface area contributed by atoms with Gasteiger partial charge in [-0.15, -0.1) is 0 Å². The molecule has 0 unspecified atom stereocenters. The molecule has 126 valence electrons. The minimum atomic E-state index is -0.599. The lowest BCUT2D eigenvalue weighted by molar-refractivity contribution is 0.101. The molecule has 25 heavy (non-hydrogen) atoms. The van der Waals surface area contributed by atoms with Gasteiger partial charge in [0.05, 0.1) is 16.4 Å². The second-order valence-electron chi connectivity index (χ2n) is 5.43. The minimum Gasteiger partial charge on any atom is -0.319 e. The number of aromatic nitrogens is 2. The summed E-state index contributed by atoms with van der Waals surface area (Å²) < 4.78 is 1.50. The van der Waals surface area contributed by atoms with Crippen molar-refractivity contribution in [3.05, 3.63) is 87.3 Å². The molecule has 0 fully saturated rings. The molecule has 1 aromatic heterocycles. The molecular formula is C19H16ClN3O2. The number of para-hydroxylation sites is 1. The number of anilines is 1. The van der Waals surface area contributed by atoms with Gasteiger partial charge in [0.15, 0.2) is 5.69 Å². The molecule has 3 rings (SSSR count). The summed E-state index contributed by atoms with van der Waals surface area (Å²) >= 11 is 6.03. The van der Waals surface area contributed by atoms with Crippen LogP contribution in [0.3, 0.4) is 0 Å². The molecule has 1 N–H and O–H groups in total. The number of benzene rings is 2. The van der Waals surface area contributed by atoms with Crippen LogP contribution in [0.4, 0.5) is 5.69 Å². The lowest BCUT2D eigenvalue weighted by Gasteiger charge is -2.09. The van der Waals surface area contributed by atoms with Crippen molar-refractivity contribution < 1.29 is 4.79 Å². The number of hydrogen-bond donors (Lipinski definition) is 1. The van der Waals surface area contributed by atoms with Gasteiger partial charge in [-0.1, -0.05) is 42.8 Å². The number of nitrogens with one attached hydrogen (secondary N) is 1. The molecule has 0 saturated heterocycles. The molecule has 0 aliphatic rings. The van der Waals surface area contributed by atoms with Gasteiger partial charge in [0.25, 0.3) is 5.91 Å². The van der Waals surface area contributed by atoms with Gasteiger partial charge in [0.2, 0.25) is 5.43 Å². The van der Waals surface area contributed by atoms with Crippen LogP contribution in [0.15, 0.2) is 65.6 Å². The molecule has 1 amide bonds. The minimum absolute atomic E-state index is 0.193. The molecule has 0 bridgehead atoms. The Labute approximate surface area is 149 Å². The molecule has 0 atom stereocenters. The van der Waals surface area contributed by atoms with E-state index in [1.54, 1.807) is 24.3 Å². The van der Waals surface area contributed by atoms with E-state index in [9.17, 15) is 9.59 Å². The summed E-state index contributed by atoms with van der Waals surface area (Å²) in [5.74, 6) is -0.599. The van der Waals surface area contributed by atoms with Crippen molar-refractivity contribution in [1.82, 2.24) is 9.78 Å². The van der Waals surface area contributed by atoms with Crippen molar-refractivity contribution in [3.8, 4) is 5.69 Å². The topological polar surface area (TPSA) is 64.0 Å². The fourth-order valence-corrected chi connectivity index (χ4v) is 2.52. The Bertz CT molecular complexity index is 965. The zero-order chi connectivity index (χ0) is 17.8. The van der Waals surface area contributed by atoms with Gasteiger partial charge < -0.3 is 5.32 Å². The molecule has 0 spiro atoms. The Balaban J connectivity index is 1.92. The fraction of sp³-hybridized carbons (Fsp3) is 0.105. The molecule has 5 nitrogen and oxygen atoms in total. The number of hydrogen-bond acceptors (Lipinski definition) is 3. The van der Waals surface area contributed by atoms with E-state index in [0.29, 0.717) is 10.7 Å². The van der Waals surface area contributed by atoms with Crippen LogP contribution >= 0.6 is 11.6 Å². The van der Waals surface area contributed by atoms with Crippen LogP contribution in [0.2, 0.25) is 5.02 Å². The average Bonchev–Trinajstić information content (AvgIpc) is 2.64. The van der Waals surface area contributed by atoms with Crippen LogP contribution in [-0.2, 0) is 6.42 Å². The van der Waals surface area contributed by atoms with Gasteiger partial charge in [-0.25, -0.2) is 4.68 Å². The van der Waals surface area contributed by atoms with E-state index in [-0.39, 0.29) is 5.69 Å². The summed E-state index contributed by atoms with van der Waals surface area (Å²) in [4.78, 5) is 24.5. The smallest absolute Gasteiger partial charge is 0.280 e. The van der Waals surface area contributed by atoms with Crippen LogP contribution in [-0.4, -0.2) is 15.7 Å². The van der Waals surface area contributed by atoms with E-state index in [1.165, 1.54) is 22.5 Å². The molecule has 1 heterocycles. The van der Waals surface area contributed by atoms with Gasteiger partial charge in [-0.3, -0.25) is 9.59 Å². The molecule has 0 radical (unpaired) electrons. The summed E-state index contributed by atoms with van der Waals surface area (Å²) in [7, 11) is 0. The maximum absolute atomic E-state index is 12.4. The zero-order valence-corrected chi connectivity index (χ0v) is 14.3. The normalized spacial score (nSPS) is 10.5. The molecular weight excluding hydrogens is 338 g/mol. The number of rotatable bonds is 4. The van der Waals surface area contributed by atoms with Gasteiger partial charge in [0.1, 0.15) is 0 Å². The van der Waals surface area contributed by atoms with Crippen LogP contribution in [0.1, 0.15) is 23.0 Å². The fourth-order valence-electron chi connectivity index (χ4n) is 2.34. The highest BCUT2D eigenvalue weighted by Crippen LogP contribution is 2.20. The molecule has 3 aromatic rings. The number of carbonyl (C=O) groups excluding carboxylic acids is 1. The highest BCUT2D eigenvalue weighted by Gasteiger charge is 2.14. The maximum Gasteiger partial charge on any atom is 0.280 e. The number of amides is 1. The van der Waals surface area contributed by atoms with Gasteiger partial charge in [-0.05, 0) is 36.2 Å². The molecule has 6 heteroatoms. The first-order valence-corrected chi connectivity index (χ1v) is 8.21. The first-order chi connectivity index (χ1) is 12.1. The predicted molar refractivity (Wildman–Crippen MR) is 98.6 cm³/mol. The Morgan fingerprint density at radius 1 is 1.12 bits per heavy atom. The molecule has 0 saturated carbocycles. The summed E-state index contributed by atoms with van der Waals surface area (Å²) in [5, 5.41) is 7.18. The third-order valence-corrected chi connectivity index (χ3v) is 4.08. The maximum atomic E-state index is 12.4. The highest BCUT2D eigenvalue weighted by atomic mass is 35.5. The van der Waals surface area contributed by atoms with Crippen LogP contribution in [0, 0.1) is 0 Å². The number of nitrogens with zero attached hydrogens (tertiary/aromatic N) is 2. The Morgan fingerprint density at radius 2 is 1.84 bits per heavy atom. The monoisotopic (exact) mass is 353 g/mol. The second-order valence-corrected chi connectivity index (χ2v) is 5.83. The quantitative estimate of drug-likeness (QED) is 0.777. The van der Waals surface area contributed by atoms with Gasteiger partial charge in [-0.2, -0.15) is 5.10 Å². The number of halogens is 1. The average molecular weight is 354 g/mol. The predicted octanol–water partition coefficient (Wildman–Crippen LogP) is 3.70. The molecule has 0 aliphatic carbocycles. The summed E-state index contributed by atoms with van der Waals surface area (Å²) in [6.07, 6.45) is 2.47. The van der Waals surface area contributed by atoms with E-state index in [0.717, 1.165) is 12.1 Å². The molecule has 0 aliphatic heterocycles. The van der Waals surface area contributed by atoms with E-state index in [2.05, 4.69) is 17.3 Å². The second kappa shape index (κ2) is 7.32. The Morgan fingerprint density at radius 3 is 2.52 bits per heavy atom. The van der Waals surface area contributed by atoms with Crippen LogP contribution in [0.25, 0.3) is 5.69 Å². The van der Waals surface area contributed by atoms with Crippen molar-refractivity contribution in [1.29, 1.82) is 0 Å². The standard InChI is InChI=1S/C19H16ClN3O2/c1-2-13-7-9-14(10-8-13)23-12-11-17(24)18(22-23)19(25)21-16-6-4-3-5-15(16)20/h3-12H,2H2,1H3,(H,21,25). The third kappa shape index (κ3) is 3.78. The van der Waals surface area contributed by atoms with Crippen molar-refractivity contribution in [3.63, 3.8) is 0 Å². The number of aryl methyl sites for hydroxylation is 1. The van der Waals surface area contributed by atoms with E-state index in [4.69, 9.17) is 11.6 Å². The Kier molecular flexibility index (Phi) is 4.95. The van der Waals surface area contributed by atoms with E-state index >= 15 is 0 Å². The van der Waals surface area contributed by atoms with Crippen molar-refractivity contribution in [2.75, 3.05) is 5.32 Å². The summed E-state index contributed by atoms with van der Waals surface area (Å²) in [5.41, 5.74) is 1.75. The first-order valence-electron chi connectivity index (χ1n) is 7.83. The highest BCUT2D eigenvalue weighted by molar-refractivity contribution is 6.33. The zero-order valence-electron chi connectivity index (χ0n) is 13.6. The van der Waals surface area contributed by atoms with E-state index in [1.807, 2.05) is 24.3 Å². The largest absolute Gasteiger partial charge is 0.319 e. The Hall–Kier alpha value is -2.92. The van der Waals surface area contributed by atoms with Crippen molar-refractivity contribution >= 4 is 23.2 Å².